The molecule has 0 N–H and O–H groups in total. The molecule has 0 saturated heterocycles. The SMILES string of the molecule is c1ccc(-c2ccc(-c3ccc(N(c4ccc5ccccc5c4)c4ccccc4-c4ccc5c(c4)oc4ccccc45)cc3)cc2)cc1. The molecule has 9 aromatic rings. The zero-order valence-electron chi connectivity index (χ0n) is 26.3. The van der Waals surface area contributed by atoms with E-state index in [1.54, 1.807) is 0 Å². The van der Waals surface area contributed by atoms with Crippen molar-refractivity contribution in [3.8, 4) is 33.4 Å². The number of para-hydroxylation sites is 2. The molecule has 0 aliphatic carbocycles. The van der Waals surface area contributed by atoms with Crippen LogP contribution in [0.15, 0.2) is 192 Å². The Labute approximate surface area is 279 Å². The molecule has 1 aromatic heterocycles. The summed E-state index contributed by atoms with van der Waals surface area (Å²) in [5, 5.41) is 4.70. The minimum absolute atomic E-state index is 0.892. The number of benzene rings is 8. The fourth-order valence-corrected chi connectivity index (χ4v) is 6.84. The number of hydrogen-bond donors (Lipinski definition) is 0. The summed E-state index contributed by atoms with van der Waals surface area (Å²) in [4.78, 5) is 2.37. The van der Waals surface area contributed by atoms with Gasteiger partial charge >= 0.3 is 0 Å². The van der Waals surface area contributed by atoms with Crippen LogP contribution in [0.1, 0.15) is 0 Å². The van der Waals surface area contributed by atoms with Gasteiger partial charge in [-0.15, -0.1) is 0 Å². The number of furan rings is 1. The van der Waals surface area contributed by atoms with Crippen molar-refractivity contribution < 1.29 is 4.42 Å². The van der Waals surface area contributed by atoms with Crippen molar-refractivity contribution in [2.24, 2.45) is 0 Å². The third-order valence-corrected chi connectivity index (χ3v) is 9.28. The summed E-state index contributed by atoms with van der Waals surface area (Å²) in [6, 6.07) is 67.0. The molecule has 0 atom stereocenters. The van der Waals surface area contributed by atoms with Crippen LogP contribution in [0.2, 0.25) is 0 Å². The highest BCUT2D eigenvalue weighted by Crippen LogP contribution is 2.43. The van der Waals surface area contributed by atoms with E-state index >= 15 is 0 Å². The summed E-state index contributed by atoms with van der Waals surface area (Å²) in [5.74, 6) is 0. The van der Waals surface area contributed by atoms with Crippen LogP contribution in [0.3, 0.4) is 0 Å². The smallest absolute Gasteiger partial charge is 0.136 e. The van der Waals surface area contributed by atoms with Crippen molar-refractivity contribution in [3.05, 3.63) is 188 Å². The second kappa shape index (κ2) is 11.8. The first-order valence-corrected chi connectivity index (χ1v) is 16.3. The van der Waals surface area contributed by atoms with Gasteiger partial charge in [-0.25, -0.2) is 0 Å². The molecule has 0 aliphatic rings. The Morgan fingerprint density at radius 2 is 0.896 bits per heavy atom. The molecule has 0 saturated carbocycles. The lowest BCUT2D eigenvalue weighted by Gasteiger charge is -2.28. The maximum absolute atomic E-state index is 6.31. The second-order valence-corrected chi connectivity index (χ2v) is 12.2. The lowest BCUT2D eigenvalue weighted by atomic mass is 9.98. The number of fused-ring (bicyclic) bond motifs is 4. The molecule has 48 heavy (non-hydrogen) atoms. The molecule has 0 unspecified atom stereocenters. The average Bonchev–Trinajstić information content (AvgIpc) is 3.54. The lowest BCUT2D eigenvalue weighted by molar-refractivity contribution is 0.669. The quantitative estimate of drug-likeness (QED) is 0.185. The molecule has 0 radical (unpaired) electrons. The molecular weight excluding hydrogens is 583 g/mol. The van der Waals surface area contributed by atoms with E-state index in [0.29, 0.717) is 0 Å². The predicted molar refractivity (Wildman–Crippen MR) is 202 cm³/mol. The van der Waals surface area contributed by atoms with Crippen LogP contribution in [0.4, 0.5) is 17.1 Å². The molecule has 9 rings (SSSR count). The highest BCUT2D eigenvalue weighted by molar-refractivity contribution is 6.06. The summed E-state index contributed by atoms with van der Waals surface area (Å²) >= 11 is 0. The summed E-state index contributed by atoms with van der Waals surface area (Å²) in [6.45, 7) is 0. The Balaban J connectivity index is 1.15. The van der Waals surface area contributed by atoms with E-state index in [2.05, 4.69) is 181 Å². The van der Waals surface area contributed by atoms with Crippen LogP contribution in [0.25, 0.3) is 66.1 Å². The van der Waals surface area contributed by atoms with Crippen molar-refractivity contribution >= 4 is 49.8 Å². The van der Waals surface area contributed by atoms with Gasteiger partial charge in [-0.05, 0) is 87.1 Å². The molecule has 2 nitrogen and oxygen atoms in total. The minimum atomic E-state index is 0.892. The molecule has 0 amide bonds. The second-order valence-electron chi connectivity index (χ2n) is 12.2. The van der Waals surface area contributed by atoms with Crippen LogP contribution in [-0.2, 0) is 0 Å². The third kappa shape index (κ3) is 5.01. The maximum Gasteiger partial charge on any atom is 0.136 e. The number of rotatable bonds is 6. The molecule has 1 heterocycles. The highest BCUT2D eigenvalue weighted by Gasteiger charge is 2.19. The van der Waals surface area contributed by atoms with Gasteiger partial charge < -0.3 is 9.32 Å². The molecular formula is C46H31NO. The van der Waals surface area contributed by atoms with Gasteiger partial charge in [0.25, 0.3) is 0 Å². The lowest BCUT2D eigenvalue weighted by Crippen LogP contribution is -2.11. The zero-order valence-corrected chi connectivity index (χ0v) is 26.3. The van der Waals surface area contributed by atoms with E-state index < -0.39 is 0 Å². The largest absolute Gasteiger partial charge is 0.456 e. The van der Waals surface area contributed by atoms with Gasteiger partial charge in [0.1, 0.15) is 11.2 Å². The van der Waals surface area contributed by atoms with Gasteiger partial charge in [-0.1, -0.05) is 140 Å². The van der Waals surface area contributed by atoms with Crippen LogP contribution < -0.4 is 4.90 Å². The fraction of sp³-hybridized carbons (Fsp3) is 0. The van der Waals surface area contributed by atoms with E-state index in [-0.39, 0.29) is 0 Å². The van der Waals surface area contributed by atoms with Crippen molar-refractivity contribution in [3.63, 3.8) is 0 Å². The van der Waals surface area contributed by atoms with Gasteiger partial charge in [0.2, 0.25) is 0 Å². The van der Waals surface area contributed by atoms with Crippen molar-refractivity contribution in [1.82, 2.24) is 0 Å². The molecule has 0 spiro atoms. The Morgan fingerprint density at radius 1 is 0.333 bits per heavy atom. The van der Waals surface area contributed by atoms with Crippen LogP contribution in [-0.4, -0.2) is 0 Å². The van der Waals surface area contributed by atoms with Gasteiger partial charge in [0, 0.05) is 27.7 Å². The predicted octanol–water partition coefficient (Wildman–Crippen LogP) is 13.2. The minimum Gasteiger partial charge on any atom is -0.456 e. The van der Waals surface area contributed by atoms with E-state index in [4.69, 9.17) is 4.42 Å². The first kappa shape index (κ1) is 27.9. The first-order valence-electron chi connectivity index (χ1n) is 16.3. The number of hydrogen-bond acceptors (Lipinski definition) is 2. The number of nitrogens with zero attached hydrogens (tertiary/aromatic N) is 1. The van der Waals surface area contributed by atoms with Crippen molar-refractivity contribution in [2.45, 2.75) is 0 Å². The average molecular weight is 614 g/mol. The van der Waals surface area contributed by atoms with Gasteiger partial charge in [-0.3, -0.25) is 0 Å². The van der Waals surface area contributed by atoms with E-state index in [1.165, 1.54) is 33.0 Å². The zero-order chi connectivity index (χ0) is 31.9. The van der Waals surface area contributed by atoms with Gasteiger partial charge in [-0.2, -0.15) is 0 Å². The van der Waals surface area contributed by atoms with E-state index in [0.717, 1.165) is 50.1 Å². The molecule has 0 fully saturated rings. The molecule has 226 valence electrons. The summed E-state index contributed by atoms with van der Waals surface area (Å²) in [6.07, 6.45) is 0. The van der Waals surface area contributed by atoms with Crippen molar-refractivity contribution in [1.29, 1.82) is 0 Å². The molecule has 8 aromatic carbocycles. The van der Waals surface area contributed by atoms with Crippen LogP contribution in [0.5, 0.6) is 0 Å². The molecule has 2 heteroatoms. The monoisotopic (exact) mass is 613 g/mol. The first-order chi connectivity index (χ1) is 23.8. The van der Waals surface area contributed by atoms with E-state index in [9.17, 15) is 0 Å². The van der Waals surface area contributed by atoms with E-state index in [1.807, 2.05) is 12.1 Å². The number of anilines is 3. The Bertz CT molecular complexity index is 2540. The van der Waals surface area contributed by atoms with Gasteiger partial charge in [0.05, 0.1) is 5.69 Å². The highest BCUT2D eigenvalue weighted by atomic mass is 16.3. The van der Waals surface area contributed by atoms with Crippen LogP contribution in [0, 0.1) is 0 Å². The summed E-state index contributed by atoms with van der Waals surface area (Å²) in [7, 11) is 0. The standard InChI is InChI=1S/C46H31NO/c1-2-10-32(11-3-1)34-18-20-35(21-19-34)36-22-26-39(27-23-36)47(40-28-24-33-12-4-5-13-37(33)30-40)44-16-8-6-14-41(44)38-25-29-43-42-15-7-9-17-45(42)48-46(43)31-38/h1-31H. The van der Waals surface area contributed by atoms with Crippen molar-refractivity contribution in [2.75, 3.05) is 4.90 Å². The molecule has 0 aliphatic heterocycles. The Hall–Kier alpha value is -6.38. The molecule has 0 bridgehead atoms. The fourth-order valence-electron chi connectivity index (χ4n) is 6.84. The normalized spacial score (nSPS) is 11.3. The van der Waals surface area contributed by atoms with Gasteiger partial charge in [0.15, 0.2) is 0 Å². The Morgan fingerprint density at radius 3 is 1.69 bits per heavy atom. The summed E-state index contributed by atoms with van der Waals surface area (Å²) < 4.78 is 6.31. The summed E-state index contributed by atoms with van der Waals surface area (Å²) in [5.41, 5.74) is 12.2. The Kier molecular flexibility index (Phi) is 6.84. The third-order valence-electron chi connectivity index (χ3n) is 9.28. The topological polar surface area (TPSA) is 16.4 Å². The van der Waals surface area contributed by atoms with Crippen LogP contribution >= 0.6 is 0 Å². The maximum atomic E-state index is 6.31.